The molecule has 2 aliphatic carbocycles. The van der Waals surface area contributed by atoms with Gasteiger partial charge in [0.05, 0.1) is 6.10 Å². The molecule has 5 heteroatoms. The summed E-state index contributed by atoms with van der Waals surface area (Å²) in [5.41, 5.74) is -0.214. The van der Waals surface area contributed by atoms with Crippen molar-refractivity contribution in [3.05, 3.63) is 0 Å². The Morgan fingerprint density at radius 2 is 1.80 bits per heavy atom. The van der Waals surface area contributed by atoms with Crippen LogP contribution in [0.15, 0.2) is 0 Å². The van der Waals surface area contributed by atoms with Gasteiger partial charge >= 0.3 is 0 Å². The van der Waals surface area contributed by atoms with Gasteiger partial charge in [-0.25, -0.2) is 0 Å². The van der Waals surface area contributed by atoms with Crippen LogP contribution >= 0.6 is 0 Å². The molecule has 142 valence electrons. The van der Waals surface area contributed by atoms with Gasteiger partial charge in [-0.2, -0.15) is 0 Å². The normalized spacial score (nSPS) is 45.6. The van der Waals surface area contributed by atoms with Crippen molar-refractivity contribution in [2.24, 2.45) is 17.3 Å². The fourth-order valence-corrected chi connectivity index (χ4v) is 5.73. The van der Waals surface area contributed by atoms with Crippen LogP contribution < -0.4 is 5.32 Å². The minimum absolute atomic E-state index is 0.0790. The van der Waals surface area contributed by atoms with Crippen LogP contribution in [0, 0.1) is 17.3 Å². The zero-order valence-corrected chi connectivity index (χ0v) is 15.9. The van der Waals surface area contributed by atoms with Gasteiger partial charge in [0, 0.05) is 18.6 Å². The highest BCUT2D eigenvalue weighted by Crippen LogP contribution is 2.48. The Labute approximate surface area is 151 Å². The molecule has 4 aliphatic rings. The van der Waals surface area contributed by atoms with E-state index in [1.54, 1.807) is 0 Å². The first-order valence-electron chi connectivity index (χ1n) is 10.1. The fraction of sp³-hybridized carbons (Fsp3) is 0.950. The minimum Gasteiger partial charge on any atom is -0.373 e. The third-order valence-electron chi connectivity index (χ3n) is 6.70. The standard InChI is InChI=1S/C20H33NO4/c1-19(2)24-15-7-8-23-16(17(15)25-19)12-21-18(22)20(3)10-13-5-4-6-14(9-13)11-20/h13-17H,4-12H2,1-3H3,(H,21,22). The maximum atomic E-state index is 13.0. The van der Waals surface area contributed by atoms with Crippen LogP contribution in [0.5, 0.6) is 0 Å². The topological polar surface area (TPSA) is 56.8 Å². The Morgan fingerprint density at radius 3 is 2.52 bits per heavy atom. The van der Waals surface area contributed by atoms with Gasteiger partial charge in [-0.05, 0) is 51.4 Å². The zero-order chi connectivity index (χ0) is 17.7. The van der Waals surface area contributed by atoms with E-state index >= 15 is 0 Å². The van der Waals surface area contributed by atoms with Crippen molar-refractivity contribution < 1.29 is 19.0 Å². The van der Waals surface area contributed by atoms with Crippen molar-refractivity contribution in [3.63, 3.8) is 0 Å². The molecule has 4 rings (SSSR count). The molecule has 0 aromatic rings. The largest absolute Gasteiger partial charge is 0.373 e. The molecule has 0 aromatic carbocycles. The van der Waals surface area contributed by atoms with E-state index in [0.717, 1.165) is 31.1 Å². The van der Waals surface area contributed by atoms with E-state index in [2.05, 4.69) is 12.2 Å². The SMILES string of the molecule is CC1(C)OC2CCOC(CNC(=O)C3(C)CC4CCCC(C4)C3)C2O1. The first-order valence-corrected chi connectivity index (χ1v) is 10.1. The molecule has 5 atom stereocenters. The maximum absolute atomic E-state index is 13.0. The molecule has 0 spiro atoms. The van der Waals surface area contributed by atoms with Gasteiger partial charge in [0.25, 0.3) is 0 Å². The average molecular weight is 351 g/mol. The van der Waals surface area contributed by atoms with Crippen LogP contribution in [0.4, 0.5) is 0 Å². The molecule has 5 nitrogen and oxygen atoms in total. The molecule has 25 heavy (non-hydrogen) atoms. The predicted octanol–water partition coefficient (Wildman–Crippen LogP) is 3.02. The van der Waals surface area contributed by atoms with Crippen molar-refractivity contribution in [3.8, 4) is 0 Å². The Balaban J connectivity index is 1.35. The monoisotopic (exact) mass is 351 g/mol. The molecule has 0 radical (unpaired) electrons. The smallest absolute Gasteiger partial charge is 0.226 e. The maximum Gasteiger partial charge on any atom is 0.226 e. The Kier molecular flexibility index (Phi) is 4.62. The lowest BCUT2D eigenvalue weighted by Crippen LogP contribution is -2.52. The van der Waals surface area contributed by atoms with Crippen molar-refractivity contribution in [2.45, 2.75) is 89.8 Å². The molecule has 0 aromatic heterocycles. The van der Waals surface area contributed by atoms with Gasteiger partial charge in [-0.1, -0.05) is 26.2 Å². The van der Waals surface area contributed by atoms with Crippen LogP contribution in [0.25, 0.3) is 0 Å². The third kappa shape index (κ3) is 3.60. The molecule has 2 bridgehead atoms. The van der Waals surface area contributed by atoms with Crippen molar-refractivity contribution in [1.29, 1.82) is 0 Å². The number of ether oxygens (including phenoxy) is 3. The second-order valence-corrected chi connectivity index (χ2v) is 9.41. The third-order valence-corrected chi connectivity index (χ3v) is 6.70. The second kappa shape index (κ2) is 6.50. The number of rotatable bonds is 3. The van der Waals surface area contributed by atoms with Gasteiger partial charge in [0.15, 0.2) is 5.79 Å². The Morgan fingerprint density at radius 1 is 1.08 bits per heavy atom. The van der Waals surface area contributed by atoms with Crippen molar-refractivity contribution in [1.82, 2.24) is 5.32 Å². The highest BCUT2D eigenvalue weighted by Gasteiger charge is 2.48. The van der Waals surface area contributed by atoms with E-state index < -0.39 is 5.79 Å². The molecule has 2 heterocycles. The summed E-state index contributed by atoms with van der Waals surface area (Å²) in [5.74, 6) is 1.13. The van der Waals surface area contributed by atoms with Gasteiger partial charge in [-0.15, -0.1) is 0 Å². The van der Waals surface area contributed by atoms with E-state index in [1.807, 2.05) is 13.8 Å². The number of carbonyl (C=O) groups is 1. The van der Waals surface area contributed by atoms with E-state index in [1.165, 1.54) is 25.7 Å². The first-order chi connectivity index (χ1) is 11.8. The number of carbonyl (C=O) groups excluding carboxylic acids is 1. The summed E-state index contributed by atoms with van der Waals surface area (Å²) < 4.78 is 17.9. The fourth-order valence-electron chi connectivity index (χ4n) is 5.73. The summed E-state index contributed by atoms with van der Waals surface area (Å²) in [7, 11) is 0. The molecular weight excluding hydrogens is 318 g/mol. The van der Waals surface area contributed by atoms with Crippen LogP contribution in [0.2, 0.25) is 0 Å². The van der Waals surface area contributed by atoms with Gasteiger partial charge in [0.2, 0.25) is 5.91 Å². The Bertz CT molecular complexity index is 508. The molecule has 5 unspecified atom stereocenters. The average Bonchev–Trinajstić information content (AvgIpc) is 2.86. The highest BCUT2D eigenvalue weighted by molar-refractivity contribution is 5.82. The lowest BCUT2D eigenvalue weighted by Gasteiger charge is -2.44. The summed E-state index contributed by atoms with van der Waals surface area (Å²) in [6.45, 7) is 7.24. The predicted molar refractivity (Wildman–Crippen MR) is 94.0 cm³/mol. The quantitative estimate of drug-likeness (QED) is 0.849. The second-order valence-electron chi connectivity index (χ2n) is 9.41. The van der Waals surface area contributed by atoms with Gasteiger partial charge in [-0.3, -0.25) is 4.79 Å². The van der Waals surface area contributed by atoms with E-state index in [0.29, 0.717) is 13.2 Å². The number of fused-ring (bicyclic) bond motifs is 3. The summed E-state index contributed by atoms with van der Waals surface area (Å²) >= 11 is 0. The lowest BCUT2D eigenvalue weighted by atomic mass is 9.61. The minimum atomic E-state index is -0.557. The first kappa shape index (κ1) is 17.7. The number of hydrogen-bond donors (Lipinski definition) is 1. The molecule has 1 amide bonds. The number of nitrogens with one attached hydrogen (secondary N) is 1. The molecule has 2 aliphatic heterocycles. The summed E-state index contributed by atoms with van der Waals surface area (Å²) in [4.78, 5) is 13.0. The lowest BCUT2D eigenvalue weighted by molar-refractivity contribution is -0.154. The van der Waals surface area contributed by atoms with Crippen molar-refractivity contribution in [2.75, 3.05) is 13.2 Å². The van der Waals surface area contributed by atoms with E-state index in [-0.39, 0.29) is 29.6 Å². The highest BCUT2D eigenvalue weighted by atomic mass is 16.8. The van der Waals surface area contributed by atoms with Crippen LogP contribution in [-0.2, 0) is 19.0 Å². The van der Waals surface area contributed by atoms with Crippen LogP contribution in [0.3, 0.4) is 0 Å². The summed E-state index contributed by atoms with van der Waals surface area (Å²) in [5, 5.41) is 3.19. The molecule has 2 saturated heterocycles. The zero-order valence-electron chi connectivity index (χ0n) is 15.9. The Hall–Kier alpha value is -0.650. The summed E-state index contributed by atoms with van der Waals surface area (Å²) in [6, 6.07) is 0. The van der Waals surface area contributed by atoms with Gasteiger partial charge < -0.3 is 19.5 Å². The molecule has 1 N–H and O–H groups in total. The number of amides is 1. The van der Waals surface area contributed by atoms with Crippen molar-refractivity contribution >= 4 is 5.91 Å². The van der Waals surface area contributed by atoms with E-state index in [4.69, 9.17) is 14.2 Å². The van der Waals surface area contributed by atoms with Crippen LogP contribution in [-0.4, -0.2) is 43.2 Å². The van der Waals surface area contributed by atoms with Gasteiger partial charge in [0.1, 0.15) is 12.2 Å². The number of hydrogen-bond acceptors (Lipinski definition) is 4. The molecular formula is C20H33NO4. The molecule has 2 saturated carbocycles. The summed E-state index contributed by atoms with van der Waals surface area (Å²) in [6.07, 6.45) is 8.11. The molecule has 4 fully saturated rings. The van der Waals surface area contributed by atoms with E-state index in [9.17, 15) is 4.79 Å². The van der Waals surface area contributed by atoms with Crippen LogP contribution in [0.1, 0.15) is 65.7 Å².